The molecule has 3 aromatic rings. The molecular weight excluding hydrogens is 436 g/mol. The quantitative estimate of drug-likeness (QED) is 0.599. The van der Waals surface area contributed by atoms with Crippen molar-refractivity contribution in [2.45, 2.75) is 25.3 Å². The molecule has 8 heteroatoms. The van der Waals surface area contributed by atoms with Crippen molar-refractivity contribution in [3.05, 3.63) is 57.3 Å². The van der Waals surface area contributed by atoms with Crippen LogP contribution in [0.5, 0.6) is 0 Å². The third kappa shape index (κ3) is 3.54. The lowest BCUT2D eigenvalue weighted by atomic mass is 10.2. The molecule has 5 nitrogen and oxygen atoms in total. The first-order valence-electron chi connectivity index (χ1n) is 8.07. The van der Waals surface area contributed by atoms with Crippen LogP contribution in [0.4, 0.5) is 0 Å². The Morgan fingerprint density at radius 3 is 2.62 bits per heavy atom. The number of thiazole rings is 1. The lowest BCUT2D eigenvalue weighted by molar-refractivity contribution is 0.0994. The van der Waals surface area contributed by atoms with Crippen LogP contribution in [0.25, 0.3) is 10.2 Å². The first-order chi connectivity index (χ1) is 12.4. The maximum Gasteiger partial charge on any atom is 0.280 e. The van der Waals surface area contributed by atoms with Gasteiger partial charge in [-0.05, 0) is 37.3 Å². The molecule has 3 rings (SSSR count). The zero-order chi connectivity index (χ0) is 18.9. The summed E-state index contributed by atoms with van der Waals surface area (Å²) >= 11 is 4.85. The van der Waals surface area contributed by atoms with Crippen molar-refractivity contribution < 1.29 is 13.2 Å². The summed E-state index contributed by atoms with van der Waals surface area (Å²) in [7, 11) is -3.50. The Morgan fingerprint density at radius 1 is 1.19 bits per heavy atom. The van der Waals surface area contributed by atoms with E-state index < -0.39 is 15.7 Å². The molecule has 0 N–H and O–H groups in total. The smallest absolute Gasteiger partial charge is 0.280 e. The second-order valence-corrected chi connectivity index (χ2v) is 9.73. The number of aryl methyl sites for hydroxylation is 1. The molecule has 0 bridgehead atoms. The van der Waals surface area contributed by atoms with Crippen LogP contribution < -0.4 is 4.80 Å². The van der Waals surface area contributed by atoms with Crippen LogP contribution in [-0.4, -0.2) is 24.6 Å². The highest BCUT2D eigenvalue weighted by atomic mass is 79.9. The molecule has 0 radical (unpaired) electrons. The van der Waals surface area contributed by atoms with E-state index in [0.29, 0.717) is 11.3 Å². The zero-order valence-electron chi connectivity index (χ0n) is 14.3. The molecule has 0 atom stereocenters. The summed E-state index contributed by atoms with van der Waals surface area (Å²) in [4.78, 5) is 17.6. The number of carbonyl (C=O) groups is 1. The first-order valence-corrected chi connectivity index (χ1v) is 11.3. The Labute approximate surface area is 164 Å². The number of sulfone groups is 1. The molecule has 1 aromatic heterocycles. The number of halogens is 1. The van der Waals surface area contributed by atoms with E-state index in [4.69, 9.17) is 0 Å². The second kappa shape index (κ2) is 7.46. The Kier molecular flexibility index (Phi) is 5.45. The fourth-order valence-electron chi connectivity index (χ4n) is 2.66. The third-order valence-electron chi connectivity index (χ3n) is 3.99. The van der Waals surface area contributed by atoms with E-state index in [1.54, 1.807) is 19.1 Å². The molecule has 0 aliphatic heterocycles. The monoisotopic (exact) mass is 452 g/mol. The van der Waals surface area contributed by atoms with Crippen LogP contribution in [-0.2, 0) is 16.4 Å². The van der Waals surface area contributed by atoms with Gasteiger partial charge in [-0.3, -0.25) is 4.79 Å². The zero-order valence-corrected chi connectivity index (χ0v) is 17.5. The van der Waals surface area contributed by atoms with Gasteiger partial charge in [-0.1, -0.05) is 46.3 Å². The van der Waals surface area contributed by atoms with Crippen LogP contribution in [0.1, 0.15) is 24.2 Å². The molecule has 0 spiro atoms. The van der Waals surface area contributed by atoms with Crippen LogP contribution in [0.2, 0.25) is 0 Å². The molecule has 0 saturated heterocycles. The third-order valence-corrected chi connectivity index (χ3v) is 7.31. The summed E-state index contributed by atoms with van der Waals surface area (Å²) < 4.78 is 28.5. The van der Waals surface area contributed by atoms with Gasteiger partial charge in [0.05, 0.1) is 26.4 Å². The van der Waals surface area contributed by atoms with Gasteiger partial charge in [0.15, 0.2) is 14.6 Å². The number of rotatable bonds is 4. The van der Waals surface area contributed by atoms with Crippen LogP contribution in [0, 0.1) is 0 Å². The summed E-state index contributed by atoms with van der Waals surface area (Å²) in [5.74, 6) is -0.617. The molecule has 2 aromatic carbocycles. The van der Waals surface area contributed by atoms with E-state index in [1.807, 2.05) is 29.7 Å². The van der Waals surface area contributed by atoms with Crippen LogP contribution in [0.3, 0.4) is 0 Å². The lowest BCUT2D eigenvalue weighted by Crippen LogP contribution is -2.17. The molecule has 0 saturated carbocycles. The van der Waals surface area contributed by atoms with Crippen molar-refractivity contribution in [1.82, 2.24) is 4.57 Å². The molecular formula is C18H17BrN2O3S2. The van der Waals surface area contributed by atoms with Crippen LogP contribution in [0.15, 0.2) is 56.8 Å². The molecule has 0 fully saturated rings. The van der Waals surface area contributed by atoms with Gasteiger partial charge in [-0.15, -0.1) is 0 Å². The van der Waals surface area contributed by atoms with Gasteiger partial charge in [-0.2, -0.15) is 4.99 Å². The van der Waals surface area contributed by atoms with Gasteiger partial charge in [-0.25, -0.2) is 8.42 Å². The van der Waals surface area contributed by atoms with Gasteiger partial charge < -0.3 is 4.57 Å². The van der Waals surface area contributed by atoms with E-state index >= 15 is 0 Å². The van der Waals surface area contributed by atoms with E-state index in [2.05, 4.69) is 20.9 Å². The first kappa shape index (κ1) is 19.0. The topological polar surface area (TPSA) is 68.5 Å². The Morgan fingerprint density at radius 2 is 1.92 bits per heavy atom. The average Bonchev–Trinajstić information content (AvgIpc) is 2.97. The number of hydrogen-bond acceptors (Lipinski definition) is 4. The maximum atomic E-state index is 12.8. The Hall–Kier alpha value is -1.77. The Bertz CT molecular complexity index is 1160. The van der Waals surface area contributed by atoms with E-state index in [1.165, 1.54) is 23.5 Å². The van der Waals surface area contributed by atoms with Gasteiger partial charge in [0.1, 0.15) is 0 Å². The highest BCUT2D eigenvalue weighted by Gasteiger charge is 2.20. The molecule has 0 aliphatic rings. The van der Waals surface area contributed by atoms with Crippen molar-refractivity contribution in [2.24, 2.45) is 4.99 Å². The van der Waals surface area contributed by atoms with E-state index in [0.717, 1.165) is 14.7 Å². The van der Waals surface area contributed by atoms with Gasteiger partial charge in [0.2, 0.25) is 0 Å². The average molecular weight is 453 g/mol. The summed E-state index contributed by atoms with van der Waals surface area (Å²) in [6.07, 6.45) is 0. The van der Waals surface area contributed by atoms with Crippen molar-refractivity contribution in [3.8, 4) is 0 Å². The predicted octanol–water partition coefficient (Wildman–Crippen LogP) is 4.02. The lowest BCUT2D eigenvalue weighted by Gasteiger charge is -2.06. The summed E-state index contributed by atoms with van der Waals surface area (Å²) in [5, 5.41) is 0. The number of amides is 1. The minimum atomic E-state index is -3.50. The molecule has 0 aliphatic carbocycles. The highest BCUT2D eigenvalue weighted by molar-refractivity contribution is 9.10. The van der Waals surface area contributed by atoms with Crippen molar-refractivity contribution in [2.75, 3.05) is 5.75 Å². The maximum absolute atomic E-state index is 12.8. The molecule has 1 amide bonds. The normalized spacial score (nSPS) is 12.7. The molecule has 26 heavy (non-hydrogen) atoms. The van der Waals surface area contributed by atoms with Crippen LogP contribution >= 0.6 is 27.3 Å². The standard InChI is InChI=1S/C18H17BrN2O3S2/c1-3-21-14-10-9-12(19)11-15(14)25-18(21)20-17(22)13-7-5-6-8-16(13)26(23,24)4-2/h5-11H,3-4H2,1-2H3. The Balaban J connectivity index is 2.18. The fourth-order valence-corrected chi connectivity index (χ4v) is 5.39. The summed E-state index contributed by atoms with van der Waals surface area (Å²) in [5.41, 5.74) is 1.09. The minimum Gasteiger partial charge on any atom is -0.317 e. The number of benzene rings is 2. The van der Waals surface area contributed by atoms with Crippen molar-refractivity contribution >= 4 is 53.2 Å². The number of fused-ring (bicyclic) bond motifs is 1. The van der Waals surface area contributed by atoms with Gasteiger partial charge >= 0.3 is 0 Å². The minimum absolute atomic E-state index is 0.0307. The largest absolute Gasteiger partial charge is 0.317 e. The molecule has 136 valence electrons. The predicted molar refractivity (Wildman–Crippen MR) is 107 cm³/mol. The van der Waals surface area contributed by atoms with Crippen molar-refractivity contribution in [1.29, 1.82) is 0 Å². The highest BCUT2D eigenvalue weighted by Crippen LogP contribution is 2.23. The van der Waals surface area contributed by atoms with Crippen molar-refractivity contribution in [3.63, 3.8) is 0 Å². The SMILES string of the molecule is CCn1c(=NC(=O)c2ccccc2S(=O)(=O)CC)sc2cc(Br)ccc21. The number of aromatic nitrogens is 1. The second-order valence-electron chi connectivity index (χ2n) is 5.56. The van der Waals surface area contributed by atoms with E-state index in [9.17, 15) is 13.2 Å². The van der Waals surface area contributed by atoms with E-state index in [-0.39, 0.29) is 16.2 Å². The molecule has 1 heterocycles. The van der Waals surface area contributed by atoms with Gasteiger partial charge in [0.25, 0.3) is 5.91 Å². The summed E-state index contributed by atoms with van der Waals surface area (Å²) in [6.45, 7) is 4.19. The van der Waals surface area contributed by atoms with Gasteiger partial charge in [0, 0.05) is 11.0 Å². The number of hydrogen-bond donors (Lipinski definition) is 0. The molecule has 0 unspecified atom stereocenters. The number of carbonyl (C=O) groups excluding carboxylic acids is 1. The fraction of sp³-hybridized carbons (Fsp3) is 0.222. The number of nitrogens with zero attached hydrogens (tertiary/aromatic N) is 2. The summed E-state index contributed by atoms with van der Waals surface area (Å²) in [6, 6.07) is 12.1.